The predicted molar refractivity (Wildman–Crippen MR) is 86.7 cm³/mol. The number of rotatable bonds is 7. The molecule has 0 aromatic carbocycles. The third kappa shape index (κ3) is 4.56. The summed E-state index contributed by atoms with van der Waals surface area (Å²) < 4.78 is 2.17. The lowest BCUT2D eigenvalue weighted by atomic mass is 9.96. The van der Waals surface area contributed by atoms with Crippen molar-refractivity contribution in [1.29, 1.82) is 0 Å². The molecule has 0 atom stereocenters. The van der Waals surface area contributed by atoms with Gasteiger partial charge in [-0.25, -0.2) is 0 Å². The molecular formula is C15H26N4S. The van der Waals surface area contributed by atoms with Gasteiger partial charge in [-0.1, -0.05) is 38.4 Å². The molecule has 0 amide bonds. The Morgan fingerprint density at radius 3 is 2.85 bits per heavy atom. The quantitative estimate of drug-likeness (QED) is 0.786. The Hall–Kier alpha value is -0.940. The van der Waals surface area contributed by atoms with Crippen LogP contribution in [0.25, 0.3) is 0 Å². The number of aromatic nitrogens is 2. The number of thiocarbonyl (C=S) groups is 1. The van der Waals surface area contributed by atoms with Crippen molar-refractivity contribution in [3.05, 3.63) is 18.0 Å². The molecule has 1 aromatic heterocycles. The normalized spacial score (nSPS) is 16.7. The van der Waals surface area contributed by atoms with Gasteiger partial charge in [0, 0.05) is 19.3 Å². The highest BCUT2D eigenvalue weighted by Crippen LogP contribution is 2.27. The molecule has 1 aliphatic rings. The molecule has 0 radical (unpaired) electrons. The van der Waals surface area contributed by atoms with Gasteiger partial charge in [-0.15, -0.1) is 0 Å². The van der Waals surface area contributed by atoms with Gasteiger partial charge in [-0.05, 0) is 31.9 Å². The third-order valence-corrected chi connectivity index (χ3v) is 4.05. The second kappa shape index (κ2) is 7.74. The SMILES string of the molecule is CCCN(CC(N)=S)Cc1ccn(C2CCCCC2)n1. The van der Waals surface area contributed by atoms with Gasteiger partial charge in [0.05, 0.1) is 16.7 Å². The lowest BCUT2D eigenvalue weighted by molar-refractivity contribution is 0.292. The van der Waals surface area contributed by atoms with E-state index in [4.69, 9.17) is 23.1 Å². The van der Waals surface area contributed by atoms with Crippen molar-refractivity contribution in [2.75, 3.05) is 13.1 Å². The molecule has 0 unspecified atom stereocenters. The van der Waals surface area contributed by atoms with Gasteiger partial charge in [0.2, 0.25) is 0 Å². The maximum atomic E-state index is 5.66. The number of nitrogens with zero attached hydrogens (tertiary/aromatic N) is 3. The zero-order valence-electron chi connectivity index (χ0n) is 12.4. The van der Waals surface area contributed by atoms with Crippen molar-refractivity contribution in [2.24, 2.45) is 5.73 Å². The van der Waals surface area contributed by atoms with Crippen LogP contribution in [0.2, 0.25) is 0 Å². The maximum Gasteiger partial charge on any atom is 0.0870 e. The van der Waals surface area contributed by atoms with Crippen molar-refractivity contribution in [2.45, 2.75) is 58.0 Å². The number of hydrogen-bond donors (Lipinski definition) is 1. The van der Waals surface area contributed by atoms with Crippen molar-refractivity contribution in [3.63, 3.8) is 0 Å². The summed E-state index contributed by atoms with van der Waals surface area (Å²) in [5, 5.41) is 4.75. The molecule has 1 saturated carbocycles. The highest BCUT2D eigenvalue weighted by molar-refractivity contribution is 7.80. The Morgan fingerprint density at radius 2 is 2.20 bits per heavy atom. The molecule has 1 fully saturated rings. The predicted octanol–water partition coefficient (Wildman–Crippen LogP) is 2.89. The van der Waals surface area contributed by atoms with Crippen molar-refractivity contribution >= 4 is 17.2 Å². The van der Waals surface area contributed by atoms with Crippen molar-refractivity contribution < 1.29 is 0 Å². The van der Waals surface area contributed by atoms with Crippen LogP contribution in [0.5, 0.6) is 0 Å². The number of nitrogens with two attached hydrogens (primary N) is 1. The monoisotopic (exact) mass is 294 g/mol. The molecule has 0 spiro atoms. The van der Waals surface area contributed by atoms with Gasteiger partial charge in [0.1, 0.15) is 0 Å². The maximum absolute atomic E-state index is 5.66. The van der Waals surface area contributed by atoms with Gasteiger partial charge < -0.3 is 5.73 Å². The van der Waals surface area contributed by atoms with E-state index in [0.29, 0.717) is 17.6 Å². The molecule has 0 saturated heterocycles. The van der Waals surface area contributed by atoms with Crippen LogP contribution in [-0.2, 0) is 6.54 Å². The molecule has 0 aliphatic heterocycles. The second-order valence-electron chi connectivity index (χ2n) is 5.76. The molecule has 4 nitrogen and oxygen atoms in total. The first-order chi connectivity index (χ1) is 9.69. The van der Waals surface area contributed by atoms with Crippen LogP contribution in [0.4, 0.5) is 0 Å². The van der Waals surface area contributed by atoms with Crippen LogP contribution in [0.1, 0.15) is 57.2 Å². The molecule has 5 heteroatoms. The van der Waals surface area contributed by atoms with Gasteiger partial charge in [-0.2, -0.15) is 5.10 Å². The molecule has 1 heterocycles. The Kier molecular flexibility index (Phi) is 5.98. The Balaban J connectivity index is 1.94. The molecule has 2 rings (SSSR count). The Labute approximate surface area is 127 Å². The Morgan fingerprint density at radius 1 is 1.45 bits per heavy atom. The van der Waals surface area contributed by atoms with E-state index in [1.807, 2.05) is 0 Å². The second-order valence-corrected chi connectivity index (χ2v) is 6.28. The number of hydrogen-bond acceptors (Lipinski definition) is 3. The minimum absolute atomic E-state index is 0.560. The molecule has 2 N–H and O–H groups in total. The van der Waals surface area contributed by atoms with Crippen molar-refractivity contribution in [3.8, 4) is 0 Å². The fourth-order valence-corrected chi connectivity index (χ4v) is 3.17. The van der Waals surface area contributed by atoms with Crippen molar-refractivity contribution in [1.82, 2.24) is 14.7 Å². The summed E-state index contributed by atoms with van der Waals surface area (Å²) in [6.07, 6.45) is 9.83. The first-order valence-corrected chi connectivity index (χ1v) is 8.14. The van der Waals surface area contributed by atoms with Crippen LogP contribution < -0.4 is 5.73 Å². The van der Waals surface area contributed by atoms with E-state index in [-0.39, 0.29) is 0 Å². The molecule has 112 valence electrons. The summed E-state index contributed by atoms with van der Waals surface area (Å²) in [5.41, 5.74) is 6.79. The first-order valence-electron chi connectivity index (χ1n) is 7.73. The summed E-state index contributed by atoms with van der Waals surface area (Å²) in [6, 6.07) is 2.74. The van der Waals surface area contributed by atoms with E-state index in [1.165, 1.54) is 32.1 Å². The zero-order chi connectivity index (χ0) is 14.4. The van der Waals surface area contributed by atoms with Gasteiger partial charge in [-0.3, -0.25) is 9.58 Å². The zero-order valence-corrected chi connectivity index (χ0v) is 13.2. The molecule has 0 bridgehead atoms. The average molecular weight is 294 g/mol. The van der Waals surface area contributed by atoms with Gasteiger partial charge in [0.25, 0.3) is 0 Å². The van der Waals surface area contributed by atoms with E-state index < -0.39 is 0 Å². The van der Waals surface area contributed by atoms with Crippen LogP contribution in [0.15, 0.2) is 12.3 Å². The standard InChI is InChI=1S/C15H26N4S/c1-2-9-18(12-15(16)20)11-13-8-10-19(17-13)14-6-4-3-5-7-14/h8,10,14H,2-7,9,11-12H2,1H3,(H2,16,20). The minimum atomic E-state index is 0.560. The van der Waals surface area contributed by atoms with Crippen LogP contribution in [-0.4, -0.2) is 32.8 Å². The van der Waals surface area contributed by atoms with E-state index in [2.05, 4.69) is 28.8 Å². The average Bonchev–Trinajstić information content (AvgIpc) is 2.88. The summed E-state index contributed by atoms with van der Waals surface area (Å²) in [4.78, 5) is 2.83. The Bertz CT molecular complexity index is 423. The van der Waals surface area contributed by atoms with E-state index in [1.54, 1.807) is 0 Å². The third-order valence-electron chi connectivity index (χ3n) is 3.92. The van der Waals surface area contributed by atoms with E-state index in [9.17, 15) is 0 Å². The van der Waals surface area contributed by atoms with Gasteiger partial charge in [0.15, 0.2) is 0 Å². The topological polar surface area (TPSA) is 47.1 Å². The lowest BCUT2D eigenvalue weighted by Gasteiger charge is -2.22. The van der Waals surface area contributed by atoms with Crippen LogP contribution in [0.3, 0.4) is 0 Å². The minimum Gasteiger partial charge on any atom is -0.392 e. The highest BCUT2D eigenvalue weighted by atomic mass is 32.1. The smallest absolute Gasteiger partial charge is 0.0870 e. The lowest BCUT2D eigenvalue weighted by Crippen LogP contribution is -2.33. The fourth-order valence-electron chi connectivity index (χ4n) is 2.99. The molecule has 1 aromatic rings. The molecule has 1 aliphatic carbocycles. The summed E-state index contributed by atoms with van der Waals surface area (Å²) in [6.45, 7) is 4.70. The van der Waals surface area contributed by atoms with Gasteiger partial charge >= 0.3 is 0 Å². The van der Waals surface area contributed by atoms with Crippen LogP contribution in [0, 0.1) is 0 Å². The van der Waals surface area contributed by atoms with E-state index >= 15 is 0 Å². The highest BCUT2D eigenvalue weighted by Gasteiger charge is 2.16. The first kappa shape index (κ1) is 15.4. The summed E-state index contributed by atoms with van der Waals surface area (Å²) in [5.74, 6) is 0. The van der Waals surface area contributed by atoms with Crippen LogP contribution >= 0.6 is 12.2 Å². The summed E-state index contributed by atoms with van der Waals surface area (Å²) in [7, 11) is 0. The summed E-state index contributed by atoms with van der Waals surface area (Å²) >= 11 is 5.02. The molecular weight excluding hydrogens is 268 g/mol. The molecule has 20 heavy (non-hydrogen) atoms. The fraction of sp³-hybridized carbons (Fsp3) is 0.733. The largest absolute Gasteiger partial charge is 0.392 e. The van der Waals surface area contributed by atoms with E-state index in [0.717, 1.165) is 25.2 Å².